The van der Waals surface area contributed by atoms with Crippen molar-refractivity contribution in [3.05, 3.63) is 46.5 Å². The number of rotatable bonds is 6. The molecule has 0 aromatic heterocycles. The number of carbonyl (C=O) groups excluding carboxylic acids is 2. The van der Waals surface area contributed by atoms with Gasteiger partial charge in [-0.15, -0.1) is 0 Å². The number of methoxy groups -OCH3 is 1. The van der Waals surface area contributed by atoms with Crippen LogP contribution in [0.25, 0.3) is 0 Å². The molecular formula is C20H18N4O7S. The molecule has 12 heteroatoms. The Morgan fingerprint density at radius 2 is 2.06 bits per heavy atom. The molecule has 0 spiro atoms. The molecular weight excluding hydrogens is 440 g/mol. The Morgan fingerprint density at radius 3 is 2.81 bits per heavy atom. The minimum Gasteiger partial charge on any atom is -0.496 e. The third-order valence-electron chi connectivity index (χ3n) is 4.58. The number of aliphatic imine (C=N–C) groups is 1. The first-order valence-corrected chi connectivity index (χ1v) is 10.4. The molecule has 0 radical (unpaired) electrons. The Labute approximate surface area is 186 Å². The standard InChI is InChI=1S/C20H18N4O7S/c1-29-12-3-4-13(14(9-12)24(27)28)22-18(25)10-17-19(26)23-20(32-17)21-11-2-5-15-16(8-11)31-7-6-30-15/h2-5,8-9,17H,6-7,10H2,1H3,(H,22,25)(H,21,23,26). The Balaban J connectivity index is 1.41. The fourth-order valence-electron chi connectivity index (χ4n) is 3.08. The smallest absolute Gasteiger partial charge is 0.296 e. The molecule has 1 atom stereocenters. The maximum absolute atomic E-state index is 12.4. The van der Waals surface area contributed by atoms with Gasteiger partial charge in [-0.25, -0.2) is 4.99 Å². The van der Waals surface area contributed by atoms with E-state index in [0.29, 0.717) is 41.3 Å². The van der Waals surface area contributed by atoms with E-state index in [2.05, 4.69) is 15.6 Å². The number of nitrogens with zero attached hydrogens (tertiary/aromatic N) is 2. The topological polar surface area (TPSA) is 141 Å². The predicted octanol–water partition coefficient (Wildman–Crippen LogP) is 2.62. The third kappa shape index (κ3) is 4.75. The van der Waals surface area contributed by atoms with Crippen molar-refractivity contribution in [3.8, 4) is 17.2 Å². The zero-order valence-electron chi connectivity index (χ0n) is 16.8. The second-order valence-corrected chi connectivity index (χ2v) is 7.92. The summed E-state index contributed by atoms with van der Waals surface area (Å²) in [6, 6.07) is 9.27. The zero-order chi connectivity index (χ0) is 22.7. The lowest BCUT2D eigenvalue weighted by atomic mass is 10.2. The molecule has 2 aromatic carbocycles. The highest BCUT2D eigenvalue weighted by Gasteiger charge is 2.32. The number of ether oxygens (including phenoxy) is 3. The number of hydrogen-bond acceptors (Lipinski definition) is 9. The minimum atomic E-state index is -0.719. The molecule has 32 heavy (non-hydrogen) atoms. The van der Waals surface area contributed by atoms with Gasteiger partial charge in [-0.3, -0.25) is 19.7 Å². The number of nitro benzene ring substituents is 1. The van der Waals surface area contributed by atoms with Crippen molar-refractivity contribution >= 4 is 45.8 Å². The van der Waals surface area contributed by atoms with Gasteiger partial charge in [0.2, 0.25) is 11.8 Å². The van der Waals surface area contributed by atoms with Crippen LogP contribution >= 0.6 is 11.8 Å². The van der Waals surface area contributed by atoms with Gasteiger partial charge >= 0.3 is 0 Å². The number of amidine groups is 1. The van der Waals surface area contributed by atoms with E-state index in [1.165, 1.54) is 25.3 Å². The van der Waals surface area contributed by atoms with Crippen LogP contribution in [0.4, 0.5) is 17.1 Å². The molecule has 2 aliphatic heterocycles. The van der Waals surface area contributed by atoms with Crippen LogP contribution in [0, 0.1) is 10.1 Å². The van der Waals surface area contributed by atoms with Gasteiger partial charge < -0.3 is 24.8 Å². The molecule has 1 saturated heterocycles. The number of fused-ring (bicyclic) bond motifs is 1. The zero-order valence-corrected chi connectivity index (χ0v) is 17.6. The highest BCUT2D eigenvalue weighted by molar-refractivity contribution is 8.15. The van der Waals surface area contributed by atoms with Gasteiger partial charge in [0.25, 0.3) is 5.69 Å². The molecule has 4 rings (SSSR count). The molecule has 0 aliphatic carbocycles. The van der Waals surface area contributed by atoms with E-state index >= 15 is 0 Å². The van der Waals surface area contributed by atoms with E-state index in [1.54, 1.807) is 18.2 Å². The number of carbonyl (C=O) groups is 2. The van der Waals surface area contributed by atoms with Crippen molar-refractivity contribution in [3.63, 3.8) is 0 Å². The third-order valence-corrected chi connectivity index (χ3v) is 5.66. The van der Waals surface area contributed by atoms with E-state index in [-0.39, 0.29) is 23.7 Å². The molecule has 2 amide bonds. The Kier molecular flexibility index (Phi) is 6.12. The van der Waals surface area contributed by atoms with Crippen molar-refractivity contribution in [2.75, 3.05) is 25.6 Å². The number of nitrogens with one attached hydrogen (secondary N) is 2. The van der Waals surface area contributed by atoms with Crippen LogP contribution in [0.2, 0.25) is 0 Å². The Bertz CT molecular complexity index is 1120. The molecule has 0 saturated carbocycles. The number of amides is 2. The highest BCUT2D eigenvalue weighted by Crippen LogP contribution is 2.35. The van der Waals surface area contributed by atoms with Crippen molar-refractivity contribution in [1.29, 1.82) is 0 Å². The summed E-state index contributed by atoms with van der Waals surface area (Å²) < 4.78 is 16.0. The van der Waals surface area contributed by atoms with E-state index in [0.717, 1.165) is 11.8 Å². The molecule has 2 aromatic rings. The van der Waals surface area contributed by atoms with Gasteiger partial charge in [0.15, 0.2) is 16.7 Å². The van der Waals surface area contributed by atoms with E-state index in [4.69, 9.17) is 14.2 Å². The summed E-state index contributed by atoms with van der Waals surface area (Å²) in [5.74, 6) is 0.590. The van der Waals surface area contributed by atoms with Crippen LogP contribution < -0.4 is 24.8 Å². The summed E-state index contributed by atoms with van der Waals surface area (Å²) in [5.41, 5.74) is 0.285. The lowest BCUT2D eigenvalue weighted by Gasteiger charge is -2.18. The second kappa shape index (κ2) is 9.14. The van der Waals surface area contributed by atoms with Gasteiger partial charge in [0.05, 0.1) is 23.8 Å². The fourth-order valence-corrected chi connectivity index (χ4v) is 4.06. The Hall–Kier alpha value is -3.80. The fraction of sp³-hybridized carbons (Fsp3) is 0.250. The molecule has 2 N–H and O–H groups in total. The number of hydrogen-bond donors (Lipinski definition) is 2. The summed E-state index contributed by atoms with van der Waals surface area (Å²) in [6.45, 7) is 0.929. The van der Waals surface area contributed by atoms with Crippen molar-refractivity contribution < 1.29 is 28.7 Å². The lowest BCUT2D eigenvalue weighted by Crippen LogP contribution is -2.28. The van der Waals surface area contributed by atoms with Gasteiger partial charge in [-0.2, -0.15) is 0 Å². The summed E-state index contributed by atoms with van der Waals surface area (Å²) in [5, 5.41) is 16.0. The monoisotopic (exact) mass is 458 g/mol. The van der Waals surface area contributed by atoms with E-state index in [9.17, 15) is 19.7 Å². The molecule has 2 aliphatic rings. The molecule has 0 bridgehead atoms. The van der Waals surface area contributed by atoms with Crippen LogP contribution in [0.15, 0.2) is 41.4 Å². The van der Waals surface area contributed by atoms with Crippen LogP contribution in [0.3, 0.4) is 0 Å². The predicted molar refractivity (Wildman–Crippen MR) is 117 cm³/mol. The molecule has 166 valence electrons. The first kappa shape index (κ1) is 21.4. The number of nitro groups is 1. The SMILES string of the molecule is COc1ccc(NC(=O)CC2SC(=Nc3ccc4c(c3)OCCO4)NC2=O)c([N+](=O)[O-])c1. The van der Waals surface area contributed by atoms with Crippen LogP contribution in [0.5, 0.6) is 17.2 Å². The first-order valence-electron chi connectivity index (χ1n) is 9.51. The highest BCUT2D eigenvalue weighted by atomic mass is 32.2. The van der Waals surface area contributed by atoms with Crippen molar-refractivity contribution in [2.45, 2.75) is 11.7 Å². The van der Waals surface area contributed by atoms with Crippen LogP contribution in [-0.2, 0) is 9.59 Å². The average molecular weight is 458 g/mol. The summed E-state index contributed by atoms with van der Waals surface area (Å²) in [6.07, 6.45) is -0.181. The maximum Gasteiger partial charge on any atom is 0.296 e. The summed E-state index contributed by atoms with van der Waals surface area (Å²) >= 11 is 1.11. The quantitative estimate of drug-likeness (QED) is 0.497. The second-order valence-electron chi connectivity index (χ2n) is 6.73. The summed E-state index contributed by atoms with van der Waals surface area (Å²) in [4.78, 5) is 39.8. The largest absolute Gasteiger partial charge is 0.496 e. The van der Waals surface area contributed by atoms with Gasteiger partial charge in [-0.1, -0.05) is 11.8 Å². The van der Waals surface area contributed by atoms with Crippen molar-refractivity contribution in [1.82, 2.24) is 5.32 Å². The minimum absolute atomic E-state index is 0.0226. The van der Waals surface area contributed by atoms with E-state index < -0.39 is 16.1 Å². The van der Waals surface area contributed by atoms with Crippen molar-refractivity contribution in [2.24, 2.45) is 4.99 Å². The number of benzene rings is 2. The van der Waals surface area contributed by atoms with Gasteiger partial charge in [0.1, 0.15) is 29.9 Å². The molecule has 2 heterocycles. The lowest BCUT2D eigenvalue weighted by molar-refractivity contribution is -0.384. The van der Waals surface area contributed by atoms with Gasteiger partial charge in [0, 0.05) is 12.5 Å². The van der Waals surface area contributed by atoms with Crippen LogP contribution in [0.1, 0.15) is 6.42 Å². The number of thioether (sulfide) groups is 1. The van der Waals surface area contributed by atoms with Gasteiger partial charge in [-0.05, 0) is 24.3 Å². The Morgan fingerprint density at radius 1 is 1.28 bits per heavy atom. The number of anilines is 1. The average Bonchev–Trinajstić information content (AvgIpc) is 3.12. The summed E-state index contributed by atoms with van der Waals surface area (Å²) in [7, 11) is 1.39. The normalized spacial score (nSPS) is 18.2. The molecule has 11 nitrogen and oxygen atoms in total. The van der Waals surface area contributed by atoms with E-state index in [1.807, 2.05) is 0 Å². The maximum atomic E-state index is 12.4. The molecule has 1 fully saturated rings. The molecule has 1 unspecified atom stereocenters. The van der Waals surface area contributed by atoms with Crippen LogP contribution in [-0.4, -0.2) is 47.5 Å². The first-order chi connectivity index (χ1) is 15.4.